The monoisotopic (exact) mass is 243 g/mol. The first-order chi connectivity index (χ1) is 8.66. The molecule has 3 rings (SSSR count). The van der Waals surface area contributed by atoms with Gasteiger partial charge in [0.2, 0.25) is 5.95 Å². The minimum atomic E-state index is 0.517. The minimum absolute atomic E-state index is 0.517. The SMILES string of the molecule is CC1CCC(n2c(N)nc3ccccc32)CC1C. The lowest BCUT2D eigenvalue weighted by atomic mass is 9.79. The second-order valence-electron chi connectivity index (χ2n) is 5.75. The van der Waals surface area contributed by atoms with Gasteiger partial charge in [-0.25, -0.2) is 4.98 Å². The lowest BCUT2D eigenvalue weighted by Crippen LogP contribution is -2.24. The molecule has 3 atom stereocenters. The van der Waals surface area contributed by atoms with E-state index >= 15 is 0 Å². The third-order valence-corrected chi connectivity index (χ3v) is 4.56. The molecule has 1 aromatic heterocycles. The standard InChI is InChI=1S/C15H21N3/c1-10-7-8-12(9-11(10)2)18-14-6-4-3-5-13(14)17-15(18)16/h3-6,10-12H,7-9H2,1-2H3,(H2,16,17). The van der Waals surface area contributed by atoms with Crippen LogP contribution in [0.3, 0.4) is 0 Å². The summed E-state index contributed by atoms with van der Waals surface area (Å²) in [5, 5.41) is 0. The maximum Gasteiger partial charge on any atom is 0.201 e. The number of aromatic nitrogens is 2. The van der Waals surface area contributed by atoms with Gasteiger partial charge in [-0.15, -0.1) is 0 Å². The summed E-state index contributed by atoms with van der Waals surface area (Å²) in [6.07, 6.45) is 3.72. The van der Waals surface area contributed by atoms with Crippen molar-refractivity contribution in [2.24, 2.45) is 11.8 Å². The van der Waals surface area contributed by atoms with Crippen LogP contribution in [0, 0.1) is 11.8 Å². The highest BCUT2D eigenvalue weighted by Gasteiger charge is 2.27. The molecule has 2 N–H and O–H groups in total. The van der Waals surface area contributed by atoms with Crippen LogP contribution in [0.15, 0.2) is 24.3 Å². The van der Waals surface area contributed by atoms with Crippen molar-refractivity contribution in [2.75, 3.05) is 5.73 Å². The van der Waals surface area contributed by atoms with Gasteiger partial charge < -0.3 is 10.3 Å². The molecule has 1 aromatic carbocycles. The molecular weight excluding hydrogens is 222 g/mol. The fourth-order valence-corrected chi connectivity index (χ4v) is 3.20. The number of hydrogen-bond donors (Lipinski definition) is 1. The summed E-state index contributed by atoms with van der Waals surface area (Å²) in [7, 11) is 0. The molecule has 1 aliphatic rings. The molecule has 3 nitrogen and oxygen atoms in total. The summed E-state index contributed by atoms with van der Waals surface area (Å²) in [6, 6.07) is 8.77. The second kappa shape index (κ2) is 4.30. The van der Waals surface area contributed by atoms with Crippen molar-refractivity contribution in [1.29, 1.82) is 0 Å². The second-order valence-corrected chi connectivity index (χ2v) is 5.75. The first-order valence-electron chi connectivity index (χ1n) is 6.89. The van der Waals surface area contributed by atoms with Crippen LogP contribution in [-0.4, -0.2) is 9.55 Å². The molecular formula is C15H21N3. The molecule has 18 heavy (non-hydrogen) atoms. The molecule has 1 saturated carbocycles. The van der Waals surface area contributed by atoms with E-state index in [2.05, 4.69) is 35.5 Å². The van der Waals surface area contributed by atoms with Crippen molar-refractivity contribution in [2.45, 2.75) is 39.2 Å². The molecule has 0 radical (unpaired) electrons. The van der Waals surface area contributed by atoms with Gasteiger partial charge in [0.15, 0.2) is 0 Å². The van der Waals surface area contributed by atoms with Crippen LogP contribution in [0.25, 0.3) is 11.0 Å². The van der Waals surface area contributed by atoms with Crippen molar-refractivity contribution in [3.63, 3.8) is 0 Å². The van der Waals surface area contributed by atoms with Crippen LogP contribution in [-0.2, 0) is 0 Å². The first-order valence-corrected chi connectivity index (χ1v) is 6.89. The van der Waals surface area contributed by atoms with Crippen LogP contribution in [0.1, 0.15) is 39.2 Å². The predicted molar refractivity (Wildman–Crippen MR) is 75.4 cm³/mol. The Morgan fingerprint density at radius 2 is 1.94 bits per heavy atom. The number of hydrogen-bond acceptors (Lipinski definition) is 2. The molecule has 0 spiro atoms. The Morgan fingerprint density at radius 1 is 1.17 bits per heavy atom. The summed E-state index contributed by atoms with van der Waals surface area (Å²) in [5.41, 5.74) is 8.31. The number of nitrogens with zero attached hydrogens (tertiary/aromatic N) is 2. The van der Waals surface area contributed by atoms with Gasteiger partial charge in [-0.05, 0) is 43.2 Å². The van der Waals surface area contributed by atoms with E-state index in [1.165, 1.54) is 24.8 Å². The predicted octanol–water partition coefficient (Wildman–Crippen LogP) is 3.62. The molecule has 2 aromatic rings. The van der Waals surface area contributed by atoms with Crippen LogP contribution in [0.5, 0.6) is 0 Å². The van der Waals surface area contributed by atoms with Gasteiger partial charge in [0.25, 0.3) is 0 Å². The lowest BCUT2D eigenvalue weighted by molar-refractivity contribution is 0.215. The molecule has 0 amide bonds. The molecule has 0 bridgehead atoms. The van der Waals surface area contributed by atoms with Crippen LogP contribution in [0.2, 0.25) is 0 Å². The summed E-state index contributed by atoms with van der Waals surface area (Å²) < 4.78 is 2.25. The van der Waals surface area contributed by atoms with E-state index in [-0.39, 0.29) is 0 Å². The number of benzene rings is 1. The molecule has 1 fully saturated rings. The van der Waals surface area contributed by atoms with Crippen molar-refractivity contribution >= 4 is 17.0 Å². The average Bonchev–Trinajstić information content (AvgIpc) is 2.69. The van der Waals surface area contributed by atoms with E-state index in [9.17, 15) is 0 Å². The first kappa shape index (κ1) is 11.6. The van der Waals surface area contributed by atoms with E-state index in [4.69, 9.17) is 5.73 Å². The quantitative estimate of drug-likeness (QED) is 0.831. The number of nitrogens with two attached hydrogens (primary N) is 1. The Balaban J connectivity index is 2.01. The maximum absolute atomic E-state index is 6.12. The van der Waals surface area contributed by atoms with Gasteiger partial charge in [0.05, 0.1) is 11.0 Å². The van der Waals surface area contributed by atoms with Crippen molar-refractivity contribution in [3.8, 4) is 0 Å². The highest BCUT2D eigenvalue weighted by molar-refractivity contribution is 5.78. The number of imidazole rings is 1. The average molecular weight is 243 g/mol. The molecule has 1 aliphatic carbocycles. The fourth-order valence-electron chi connectivity index (χ4n) is 3.20. The van der Waals surface area contributed by atoms with Crippen molar-refractivity contribution in [1.82, 2.24) is 9.55 Å². The van der Waals surface area contributed by atoms with Gasteiger partial charge in [0, 0.05) is 6.04 Å². The molecule has 0 aliphatic heterocycles. The van der Waals surface area contributed by atoms with Crippen molar-refractivity contribution < 1.29 is 0 Å². The largest absolute Gasteiger partial charge is 0.369 e. The zero-order valence-electron chi connectivity index (χ0n) is 11.1. The van der Waals surface area contributed by atoms with Gasteiger partial charge in [-0.1, -0.05) is 26.0 Å². The van der Waals surface area contributed by atoms with Gasteiger partial charge in [0.1, 0.15) is 0 Å². The summed E-state index contributed by atoms with van der Waals surface area (Å²) in [6.45, 7) is 4.71. The zero-order valence-corrected chi connectivity index (χ0v) is 11.1. The van der Waals surface area contributed by atoms with Crippen LogP contribution >= 0.6 is 0 Å². The molecule has 0 saturated heterocycles. The molecule has 3 unspecified atom stereocenters. The number of anilines is 1. The number of para-hydroxylation sites is 2. The molecule has 1 heterocycles. The topological polar surface area (TPSA) is 43.8 Å². The summed E-state index contributed by atoms with van der Waals surface area (Å²) >= 11 is 0. The summed E-state index contributed by atoms with van der Waals surface area (Å²) in [4.78, 5) is 4.47. The smallest absolute Gasteiger partial charge is 0.201 e. The molecule has 3 heteroatoms. The highest BCUT2D eigenvalue weighted by atomic mass is 15.2. The highest BCUT2D eigenvalue weighted by Crippen LogP contribution is 2.38. The summed E-state index contributed by atoms with van der Waals surface area (Å²) in [5.74, 6) is 2.27. The van der Waals surface area contributed by atoms with Gasteiger partial charge in [-0.3, -0.25) is 0 Å². The number of nitrogen functional groups attached to an aromatic ring is 1. The number of rotatable bonds is 1. The Morgan fingerprint density at radius 3 is 2.72 bits per heavy atom. The van der Waals surface area contributed by atoms with E-state index in [1.807, 2.05) is 12.1 Å². The zero-order chi connectivity index (χ0) is 12.7. The maximum atomic E-state index is 6.12. The fraction of sp³-hybridized carbons (Fsp3) is 0.533. The van der Waals surface area contributed by atoms with E-state index in [1.54, 1.807) is 0 Å². The Bertz CT molecular complexity index is 558. The van der Waals surface area contributed by atoms with Gasteiger partial charge >= 0.3 is 0 Å². The Labute approximate surface area is 108 Å². The van der Waals surface area contributed by atoms with Crippen LogP contribution < -0.4 is 5.73 Å². The normalized spacial score (nSPS) is 28.7. The van der Waals surface area contributed by atoms with Gasteiger partial charge in [-0.2, -0.15) is 0 Å². The van der Waals surface area contributed by atoms with Crippen molar-refractivity contribution in [3.05, 3.63) is 24.3 Å². The minimum Gasteiger partial charge on any atom is -0.369 e. The van der Waals surface area contributed by atoms with E-state index in [0.717, 1.165) is 17.4 Å². The number of fused-ring (bicyclic) bond motifs is 1. The van der Waals surface area contributed by atoms with E-state index < -0.39 is 0 Å². The lowest BCUT2D eigenvalue weighted by Gasteiger charge is -2.33. The van der Waals surface area contributed by atoms with E-state index in [0.29, 0.717) is 12.0 Å². The Hall–Kier alpha value is -1.51. The third-order valence-electron chi connectivity index (χ3n) is 4.56. The van der Waals surface area contributed by atoms with Crippen LogP contribution in [0.4, 0.5) is 5.95 Å². The Kier molecular flexibility index (Phi) is 2.77. The molecule has 96 valence electrons. The third kappa shape index (κ3) is 1.78.